The maximum Gasteiger partial charge on any atom is 0.119 e. The quantitative estimate of drug-likeness (QED) is 0.555. The Morgan fingerprint density at radius 2 is 1.32 bits per heavy atom. The molecule has 2 rings (SSSR count). The third kappa shape index (κ3) is 4.95. The number of hydrogen-bond donors (Lipinski definition) is 0. The predicted molar refractivity (Wildman–Crippen MR) is 81.1 cm³/mol. The summed E-state index contributed by atoms with van der Waals surface area (Å²) in [6.07, 6.45) is 0.870. The van der Waals surface area contributed by atoms with Crippen LogP contribution in [-0.2, 0) is 5.33 Å². The molecule has 0 saturated heterocycles. The lowest BCUT2D eigenvalue weighted by Crippen LogP contribution is -2.04. The van der Waals surface area contributed by atoms with Crippen LogP contribution in [0.2, 0.25) is 0 Å². The van der Waals surface area contributed by atoms with E-state index in [0.717, 1.165) is 23.2 Å². The molecule has 0 radical (unpaired) electrons. The maximum atomic E-state index is 5.65. The number of alkyl halides is 1. The Hall–Kier alpha value is -1.48. The molecule has 100 valence electrons. The van der Waals surface area contributed by atoms with Gasteiger partial charge in [-0.15, -0.1) is 0 Å². The van der Waals surface area contributed by atoms with Crippen molar-refractivity contribution in [1.82, 2.24) is 0 Å². The van der Waals surface area contributed by atoms with E-state index in [0.29, 0.717) is 13.2 Å². The van der Waals surface area contributed by atoms with Crippen molar-refractivity contribution in [2.45, 2.75) is 11.8 Å². The number of benzene rings is 2. The van der Waals surface area contributed by atoms with Crippen molar-refractivity contribution in [2.75, 3.05) is 13.2 Å². The van der Waals surface area contributed by atoms with Crippen molar-refractivity contribution in [1.29, 1.82) is 0 Å². The fraction of sp³-hybridized carbons (Fsp3) is 0.250. The molecule has 0 aliphatic carbocycles. The van der Waals surface area contributed by atoms with Gasteiger partial charge < -0.3 is 9.47 Å². The van der Waals surface area contributed by atoms with Crippen molar-refractivity contribution < 1.29 is 9.47 Å². The molecule has 0 aromatic heterocycles. The van der Waals surface area contributed by atoms with Gasteiger partial charge in [0, 0.05) is 11.8 Å². The van der Waals surface area contributed by atoms with E-state index < -0.39 is 0 Å². The first kappa shape index (κ1) is 13.9. The average molecular weight is 321 g/mol. The first-order valence-electron chi connectivity index (χ1n) is 6.34. The molecule has 0 N–H and O–H groups in total. The largest absolute Gasteiger partial charge is 0.493 e. The van der Waals surface area contributed by atoms with E-state index >= 15 is 0 Å². The summed E-state index contributed by atoms with van der Waals surface area (Å²) in [6.45, 7) is 1.34. The van der Waals surface area contributed by atoms with Crippen LogP contribution >= 0.6 is 15.9 Å². The summed E-state index contributed by atoms with van der Waals surface area (Å²) >= 11 is 3.42. The molecule has 0 heterocycles. The molecule has 0 saturated carbocycles. The van der Waals surface area contributed by atoms with Crippen LogP contribution in [0.5, 0.6) is 11.5 Å². The van der Waals surface area contributed by atoms with Gasteiger partial charge in [-0.05, 0) is 29.8 Å². The van der Waals surface area contributed by atoms with E-state index in [1.807, 2.05) is 42.5 Å². The SMILES string of the molecule is BrCc1ccc(OCCCOc2ccccc2)cc1. The second kappa shape index (κ2) is 7.85. The monoisotopic (exact) mass is 320 g/mol. The van der Waals surface area contributed by atoms with Gasteiger partial charge in [0.2, 0.25) is 0 Å². The summed E-state index contributed by atoms with van der Waals surface area (Å²) in [5.74, 6) is 1.81. The van der Waals surface area contributed by atoms with Crippen molar-refractivity contribution in [3.63, 3.8) is 0 Å². The molecule has 0 atom stereocenters. The average Bonchev–Trinajstić information content (AvgIpc) is 2.49. The number of rotatable bonds is 7. The topological polar surface area (TPSA) is 18.5 Å². The number of ether oxygens (including phenoxy) is 2. The normalized spacial score (nSPS) is 10.2. The van der Waals surface area contributed by atoms with Gasteiger partial charge in [-0.3, -0.25) is 0 Å². The highest BCUT2D eigenvalue weighted by Gasteiger charge is 1.96. The fourth-order valence-corrected chi connectivity index (χ4v) is 2.00. The predicted octanol–water partition coefficient (Wildman–Crippen LogP) is 4.43. The van der Waals surface area contributed by atoms with Crippen molar-refractivity contribution in [3.05, 3.63) is 60.2 Å². The van der Waals surface area contributed by atoms with Crippen LogP contribution in [0.3, 0.4) is 0 Å². The van der Waals surface area contributed by atoms with Gasteiger partial charge in [-0.1, -0.05) is 46.3 Å². The lowest BCUT2D eigenvalue weighted by molar-refractivity contribution is 0.247. The third-order valence-corrected chi connectivity index (χ3v) is 3.29. The Morgan fingerprint density at radius 1 is 0.737 bits per heavy atom. The molecule has 19 heavy (non-hydrogen) atoms. The van der Waals surface area contributed by atoms with Crippen LogP contribution in [0.4, 0.5) is 0 Å². The van der Waals surface area contributed by atoms with E-state index in [-0.39, 0.29) is 0 Å². The zero-order chi connectivity index (χ0) is 13.3. The highest BCUT2D eigenvalue weighted by Crippen LogP contribution is 2.14. The lowest BCUT2D eigenvalue weighted by atomic mass is 10.2. The molecule has 2 nitrogen and oxygen atoms in total. The smallest absolute Gasteiger partial charge is 0.119 e. The van der Waals surface area contributed by atoms with Crippen molar-refractivity contribution >= 4 is 15.9 Å². The van der Waals surface area contributed by atoms with Crippen molar-refractivity contribution in [2.24, 2.45) is 0 Å². The second-order valence-corrected chi connectivity index (χ2v) is 4.70. The van der Waals surface area contributed by atoms with E-state index in [1.54, 1.807) is 0 Å². The summed E-state index contributed by atoms with van der Waals surface area (Å²) < 4.78 is 11.2. The molecule has 0 amide bonds. The molecule has 0 unspecified atom stereocenters. The summed E-state index contributed by atoms with van der Waals surface area (Å²) in [5, 5.41) is 0.873. The van der Waals surface area contributed by atoms with Crippen LogP contribution in [0, 0.1) is 0 Å². The molecule has 3 heteroatoms. The van der Waals surface area contributed by atoms with Gasteiger partial charge >= 0.3 is 0 Å². The van der Waals surface area contributed by atoms with Crippen molar-refractivity contribution in [3.8, 4) is 11.5 Å². The zero-order valence-electron chi connectivity index (χ0n) is 10.7. The van der Waals surface area contributed by atoms with E-state index in [1.165, 1.54) is 5.56 Å². The minimum absolute atomic E-state index is 0.667. The van der Waals surface area contributed by atoms with Crippen LogP contribution in [-0.4, -0.2) is 13.2 Å². The fourth-order valence-electron chi connectivity index (χ4n) is 1.63. The molecule has 2 aromatic carbocycles. The molecule has 0 aliphatic heterocycles. The summed E-state index contributed by atoms with van der Waals surface area (Å²) in [7, 11) is 0. The summed E-state index contributed by atoms with van der Waals surface area (Å²) in [4.78, 5) is 0. The van der Waals surface area contributed by atoms with Gasteiger partial charge in [0.1, 0.15) is 11.5 Å². The lowest BCUT2D eigenvalue weighted by Gasteiger charge is -2.08. The Labute approximate surface area is 122 Å². The molecular formula is C16H17BrO2. The number of para-hydroxylation sites is 1. The Balaban J connectivity index is 1.63. The molecule has 2 aromatic rings. The summed E-state index contributed by atoms with van der Waals surface area (Å²) in [6, 6.07) is 17.9. The molecule has 0 aliphatic rings. The van der Waals surface area contributed by atoms with Gasteiger partial charge in [0.25, 0.3) is 0 Å². The molecule has 0 fully saturated rings. The molecule has 0 bridgehead atoms. The molecular weight excluding hydrogens is 304 g/mol. The first-order chi connectivity index (χ1) is 9.38. The van der Waals surface area contributed by atoms with Crippen LogP contribution in [0.15, 0.2) is 54.6 Å². The number of halogens is 1. The standard InChI is InChI=1S/C16H17BrO2/c17-13-14-7-9-16(10-8-14)19-12-4-11-18-15-5-2-1-3-6-15/h1-3,5-10H,4,11-13H2. The Bertz CT molecular complexity index is 468. The summed E-state index contributed by atoms with van der Waals surface area (Å²) in [5.41, 5.74) is 1.25. The minimum Gasteiger partial charge on any atom is -0.493 e. The van der Waals surface area contributed by atoms with Crippen LogP contribution in [0.1, 0.15) is 12.0 Å². The van der Waals surface area contributed by atoms with Crippen LogP contribution < -0.4 is 9.47 Å². The van der Waals surface area contributed by atoms with Gasteiger partial charge in [-0.2, -0.15) is 0 Å². The van der Waals surface area contributed by atoms with Gasteiger partial charge in [0.05, 0.1) is 13.2 Å². The Morgan fingerprint density at radius 3 is 1.89 bits per heavy atom. The van der Waals surface area contributed by atoms with Crippen LogP contribution in [0.25, 0.3) is 0 Å². The zero-order valence-corrected chi connectivity index (χ0v) is 12.3. The van der Waals surface area contributed by atoms with Gasteiger partial charge in [-0.25, -0.2) is 0 Å². The highest BCUT2D eigenvalue weighted by atomic mass is 79.9. The molecule has 0 spiro atoms. The first-order valence-corrected chi connectivity index (χ1v) is 7.46. The highest BCUT2D eigenvalue weighted by molar-refractivity contribution is 9.08. The second-order valence-electron chi connectivity index (χ2n) is 4.14. The van der Waals surface area contributed by atoms with E-state index in [9.17, 15) is 0 Å². The van der Waals surface area contributed by atoms with E-state index in [2.05, 4.69) is 28.1 Å². The number of hydrogen-bond acceptors (Lipinski definition) is 2. The van der Waals surface area contributed by atoms with E-state index in [4.69, 9.17) is 9.47 Å². The maximum absolute atomic E-state index is 5.65. The minimum atomic E-state index is 0.667. The Kier molecular flexibility index (Phi) is 5.76. The van der Waals surface area contributed by atoms with Gasteiger partial charge in [0.15, 0.2) is 0 Å². The third-order valence-electron chi connectivity index (χ3n) is 2.65.